The summed E-state index contributed by atoms with van der Waals surface area (Å²) in [6.07, 6.45) is 4.33. The minimum absolute atomic E-state index is 0.0767. The van der Waals surface area contributed by atoms with Crippen LogP contribution in [0.5, 0.6) is 0 Å². The third-order valence-corrected chi connectivity index (χ3v) is 13.3. The van der Waals surface area contributed by atoms with Gasteiger partial charge in [-0.3, -0.25) is 0 Å². The Hall–Kier alpha value is -1.76. The first-order valence-electron chi connectivity index (χ1n) is 13.5. The minimum atomic E-state index is -2.88. The van der Waals surface area contributed by atoms with Crippen LogP contribution in [0.2, 0.25) is 5.04 Å². The first kappa shape index (κ1) is 28.3. The quantitative estimate of drug-likeness (QED) is 0.176. The topological polar surface area (TPSA) is 38.7 Å². The number of hydrogen-bond donors (Lipinski definition) is 1. The van der Waals surface area contributed by atoms with E-state index in [1.807, 2.05) is 19.1 Å². The summed E-state index contributed by atoms with van der Waals surface area (Å²) in [5.41, 5.74) is 1.33. The van der Waals surface area contributed by atoms with Crippen LogP contribution in [-0.4, -0.2) is 36.2 Å². The fourth-order valence-corrected chi connectivity index (χ4v) is 11.3. The second-order valence-electron chi connectivity index (χ2n) is 11.6. The maximum Gasteiger partial charge on any atom is 0.264 e. The number of benzene rings is 3. The number of rotatable bonds is 9. The number of alkyl halides is 1. The Bertz CT molecular complexity index is 1060. The lowest BCUT2D eigenvalue weighted by molar-refractivity contribution is -0.172. The van der Waals surface area contributed by atoms with E-state index in [4.69, 9.17) is 9.16 Å². The number of hydrogen-bond acceptors (Lipinski definition) is 3. The molecule has 1 fully saturated rings. The van der Waals surface area contributed by atoms with E-state index in [0.717, 1.165) is 36.1 Å². The monoisotopic (exact) mass is 580 g/mol. The molecular formula is C32H41BrO3Si. The molecule has 1 N–H and O–H groups in total. The van der Waals surface area contributed by atoms with E-state index in [2.05, 4.69) is 116 Å². The Morgan fingerprint density at radius 3 is 1.81 bits per heavy atom. The molecule has 3 aromatic carbocycles. The predicted octanol–water partition coefficient (Wildman–Crippen LogP) is 6.61. The van der Waals surface area contributed by atoms with Crippen LogP contribution < -0.4 is 10.4 Å². The van der Waals surface area contributed by atoms with Crippen molar-refractivity contribution in [2.24, 2.45) is 0 Å². The SMILES string of the molecule is CC(O)(C[C@@H]1C[C@H](Br)C[C@H](CCc2ccccc2)O1)O[Si](c1ccccc1)(c1ccccc1)C(C)(C)C. The van der Waals surface area contributed by atoms with Crippen molar-refractivity contribution in [2.45, 2.75) is 87.7 Å². The highest BCUT2D eigenvalue weighted by atomic mass is 79.9. The molecule has 1 aliphatic heterocycles. The van der Waals surface area contributed by atoms with Crippen molar-refractivity contribution in [1.29, 1.82) is 0 Å². The third kappa shape index (κ3) is 7.01. The lowest BCUT2D eigenvalue weighted by Gasteiger charge is -2.48. The first-order chi connectivity index (χ1) is 17.6. The number of halogens is 1. The molecule has 0 radical (unpaired) electrons. The van der Waals surface area contributed by atoms with Gasteiger partial charge in [-0.05, 0) is 53.6 Å². The summed E-state index contributed by atoms with van der Waals surface area (Å²) in [7, 11) is -2.88. The van der Waals surface area contributed by atoms with Gasteiger partial charge in [-0.1, -0.05) is 128 Å². The van der Waals surface area contributed by atoms with E-state index in [1.165, 1.54) is 5.56 Å². The molecule has 0 aliphatic carbocycles. The van der Waals surface area contributed by atoms with Gasteiger partial charge in [0.2, 0.25) is 0 Å². The van der Waals surface area contributed by atoms with Crippen LogP contribution in [0.25, 0.3) is 0 Å². The molecule has 198 valence electrons. The van der Waals surface area contributed by atoms with Gasteiger partial charge < -0.3 is 14.3 Å². The van der Waals surface area contributed by atoms with E-state index in [9.17, 15) is 5.11 Å². The van der Waals surface area contributed by atoms with Crippen molar-refractivity contribution in [3.8, 4) is 0 Å². The second kappa shape index (κ2) is 12.0. The summed E-state index contributed by atoms with van der Waals surface area (Å²) < 4.78 is 13.6. The van der Waals surface area contributed by atoms with Gasteiger partial charge >= 0.3 is 0 Å². The van der Waals surface area contributed by atoms with Gasteiger partial charge in [-0.15, -0.1) is 0 Å². The molecular weight excluding hydrogens is 540 g/mol. The molecule has 1 heterocycles. The summed E-state index contributed by atoms with van der Waals surface area (Å²) >= 11 is 3.88. The lowest BCUT2D eigenvalue weighted by atomic mass is 9.95. The summed E-state index contributed by atoms with van der Waals surface area (Å²) in [6, 6.07) is 31.6. The molecule has 5 heteroatoms. The van der Waals surface area contributed by atoms with E-state index < -0.39 is 14.1 Å². The second-order valence-corrected chi connectivity index (χ2v) is 17.1. The van der Waals surface area contributed by atoms with E-state index >= 15 is 0 Å². The maximum atomic E-state index is 11.9. The van der Waals surface area contributed by atoms with Gasteiger partial charge in [0.25, 0.3) is 8.32 Å². The fourth-order valence-electron chi connectivity index (χ4n) is 5.78. The number of ether oxygens (including phenoxy) is 1. The van der Waals surface area contributed by atoms with Crippen LogP contribution in [-0.2, 0) is 15.6 Å². The van der Waals surface area contributed by atoms with Gasteiger partial charge in [0, 0.05) is 11.2 Å². The molecule has 37 heavy (non-hydrogen) atoms. The molecule has 0 amide bonds. The normalized spacial score (nSPS) is 22.4. The lowest BCUT2D eigenvalue weighted by Crippen LogP contribution is -2.69. The van der Waals surface area contributed by atoms with Crippen LogP contribution >= 0.6 is 15.9 Å². The van der Waals surface area contributed by atoms with Crippen molar-refractivity contribution in [3.05, 3.63) is 96.6 Å². The van der Waals surface area contributed by atoms with E-state index in [1.54, 1.807) is 0 Å². The van der Waals surface area contributed by atoms with Crippen LogP contribution in [0.4, 0.5) is 0 Å². The Morgan fingerprint density at radius 2 is 1.30 bits per heavy atom. The molecule has 1 unspecified atom stereocenters. The fraction of sp³-hybridized carbons (Fsp3) is 0.438. The molecule has 1 saturated heterocycles. The zero-order valence-corrected chi connectivity index (χ0v) is 25.2. The van der Waals surface area contributed by atoms with Crippen molar-refractivity contribution in [3.63, 3.8) is 0 Å². The largest absolute Gasteiger partial charge is 0.381 e. The first-order valence-corrected chi connectivity index (χ1v) is 16.3. The van der Waals surface area contributed by atoms with Gasteiger partial charge in [-0.25, -0.2) is 0 Å². The average molecular weight is 582 g/mol. The highest BCUT2D eigenvalue weighted by Gasteiger charge is 2.54. The van der Waals surface area contributed by atoms with Gasteiger partial charge in [0.05, 0.1) is 12.2 Å². The molecule has 0 spiro atoms. The number of aryl methyl sites for hydroxylation is 1. The molecule has 3 nitrogen and oxygen atoms in total. The zero-order valence-electron chi connectivity index (χ0n) is 22.6. The summed E-state index contributed by atoms with van der Waals surface area (Å²) in [4.78, 5) is 0.371. The van der Waals surface area contributed by atoms with E-state index in [-0.39, 0.29) is 17.2 Å². The van der Waals surface area contributed by atoms with Crippen molar-refractivity contribution < 1.29 is 14.3 Å². The van der Waals surface area contributed by atoms with Crippen molar-refractivity contribution in [1.82, 2.24) is 0 Å². The molecule has 4 atom stereocenters. The van der Waals surface area contributed by atoms with Crippen LogP contribution in [0.1, 0.15) is 58.9 Å². The smallest absolute Gasteiger partial charge is 0.264 e. The Kier molecular flexibility index (Phi) is 9.13. The molecule has 0 bridgehead atoms. The van der Waals surface area contributed by atoms with Crippen LogP contribution in [0.15, 0.2) is 91.0 Å². The third-order valence-electron chi connectivity index (χ3n) is 7.42. The maximum absolute atomic E-state index is 11.9. The van der Waals surface area contributed by atoms with Gasteiger partial charge in [0.1, 0.15) is 0 Å². The highest BCUT2D eigenvalue weighted by molar-refractivity contribution is 9.09. The minimum Gasteiger partial charge on any atom is -0.381 e. The standard InChI is InChI=1S/C32H41BrO3Si/c1-31(2,3)37(29-16-10-6-11-17-29,30-18-12-7-13-19-30)36-32(4,34)24-28-23-26(33)22-27(35-28)21-20-25-14-8-5-9-15-25/h5-19,26-28,34H,20-24H2,1-4H3/t26-,27+,28+,32?/m1/s1. The number of aliphatic hydroxyl groups is 1. The summed E-state index contributed by atoms with van der Waals surface area (Å²) in [5.74, 6) is -1.34. The summed E-state index contributed by atoms with van der Waals surface area (Å²) in [6.45, 7) is 8.54. The highest BCUT2D eigenvalue weighted by Crippen LogP contribution is 2.40. The van der Waals surface area contributed by atoms with Crippen LogP contribution in [0.3, 0.4) is 0 Å². The molecule has 1 aliphatic rings. The zero-order chi connectivity index (χ0) is 26.5. The molecule has 0 aromatic heterocycles. The Morgan fingerprint density at radius 1 is 0.811 bits per heavy atom. The average Bonchev–Trinajstić information content (AvgIpc) is 2.86. The summed E-state index contributed by atoms with van der Waals surface area (Å²) in [5, 5.41) is 14.0. The Labute approximate surface area is 232 Å². The van der Waals surface area contributed by atoms with Gasteiger partial charge in [0.15, 0.2) is 5.79 Å². The Balaban J connectivity index is 1.56. The van der Waals surface area contributed by atoms with Gasteiger partial charge in [-0.2, -0.15) is 0 Å². The van der Waals surface area contributed by atoms with Crippen molar-refractivity contribution in [2.75, 3.05) is 0 Å². The van der Waals surface area contributed by atoms with Crippen LogP contribution in [0, 0.1) is 0 Å². The molecule has 4 rings (SSSR count). The molecule has 0 saturated carbocycles. The predicted molar refractivity (Wildman–Crippen MR) is 159 cm³/mol. The van der Waals surface area contributed by atoms with Crippen molar-refractivity contribution >= 4 is 34.6 Å². The van der Waals surface area contributed by atoms with E-state index in [0.29, 0.717) is 11.2 Å². The molecule has 3 aromatic rings.